The molecule has 0 atom stereocenters. The maximum Gasteiger partial charge on any atom is 0.314 e. The third kappa shape index (κ3) is 5.39. The van der Waals surface area contributed by atoms with Crippen LogP contribution in [0, 0.1) is 0 Å². The zero-order valence-electron chi connectivity index (χ0n) is 14.6. The number of hydrogen-bond donors (Lipinski definition) is 2. The van der Waals surface area contributed by atoms with Crippen LogP contribution in [0.25, 0.3) is 0 Å². The van der Waals surface area contributed by atoms with Gasteiger partial charge in [-0.2, -0.15) is 0 Å². The number of rotatable bonds is 5. The molecule has 0 aliphatic carbocycles. The molecule has 0 saturated carbocycles. The fraction of sp³-hybridized carbons (Fsp3) is 0.0476. The molecule has 0 aliphatic rings. The highest BCUT2D eigenvalue weighted by Crippen LogP contribution is 2.33. The van der Waals surface area contributed by atoms with Gasteiger partial charge in [-0.3, -0.25) is 9.59 Å². The van der Waals surface area contributed by atoms with E-state index in [0.29, 0.717) is 11.4 Å². The van der Waals surface area contributed by atoms with Crippen LogP contribution in [0.5, 0.6) is 0 Å². The molecule has 0 saturated heterocycles. The van der Waals surface area contributed by atoms with Gasteiger partial charge < -0.3 is 10.6 Å². The minimum Gasteiger partial charge on any atom is -0.318 e. The number of hydrogen-bond acceptors (Lipinski definition) is 4. The van der Waals surface area contributed by atoms with Crippen molar-refractivity contribution in [2.45, 2.75) is 14.7 Å². The third-order valence-electron chi connectivity index (χ3n) is 3.64. The molecule has 136 valence electrons. The normalized spacial score (nSPS) is 10.3. The number of anilines is 2. The van der Waals surface area contributed by atoms with Crippen LogP contribution in [0.1, 0.15) is 0 Å². The van der Waals surface area contributed by atoms with Crippen LogP contribution in [0.2, 0.25) is 0 Å². The highest BCUT2D eigenvalue weighted by atomic mass is 32.2. The molecule has 0 spiro atoms. The van der Waals surface area contributed by atoms with Crippen molar-refractivity contribution in [1.29, 1.82) is 0 Å². The third-order valence-corrected chi connectivity index (χ3v) is 5.45. The van der Waals surface area contributed by atoms with E-state index < -0.39 is 11.8 Å². The predicted molar refractivity (Wildman–Crippen MR) is 112 cm³/mol. The predicted octanol–water partition coefficient (Wildman–Crippen LogP) is 5.14. The Kier molecular flexibility index (Phi) is 6.57. The molecule has 2 amide bonds. The molecule has 0 heterocycles. The average Bonchev–Trinajstić information content (AvgIpc) is 2.70. The van der Waals surface area contributed by atoms with Gasteiger partial charge in [0.2, 0.25) is 0 Å². The summed E-state index contributed by atoms with van der Waals surface area (Å²) in [6.07, 6.45) is 1.95. The second kappa shape index (κ2) is 9.30. The highest BCUT2D eigenvalue weighted by molar-refractivity contribution is 7.99. The summed E-state index contributed by atoms with van der Waals surface area (Å²) in [6.45, 7) is 0. The van der Waals surface area contributed by atoms with E-state index in [1.165, 1.54) is 11.8 Å². The molecular weight excluding hydrogens is 376 g/mol. The lowest BCUT2D eigenvalue weighted by Gasteiger charge is -2.11. The van der Waals surface area contributed by atoms with Crippen molar-refractivity contribution >= 4 is 46.7 Å². The van der Waals surface area contributed by atoms with Crippen LogP contribution >= 0.6 is 23.5 Å². The average molecular weight is 395 g/mol. The number of thioether (sulfide) groups is 1. The molecule has 27 heavy (non-hydrogen) atoms. The van der Waals surface area contributed by atoms with Gasteiger partial charge in [-0.15, -0.1) is 11.8 Å². The Balaban J connectivity index is 1.69. The van der Waals surface area contributed by atoms with E-state index in [1.54, 1.807) is 23.9 Å². The van der Waals surface area contributed by atoms with Gasteiger partial charge in [0.05, 0.1) is 5.69 Å². The van der Waals surface area contributed by atoms with Crippen molar-refractivity contribution in [2.75, 3.05) is 16.9 Å². The molecule has 4 nitrogen and oxygen atoms in total. The summed E-state index contributed by atoms with van der Waals surface area (Å²) in [6, 6.07) is 24.6. The zero-order chi connectivity index (χ0) is 19.1. The Labute approximate surface area is 166 Å². The molecule has 0 aliphatic heterocycles. The topological polar surface area (TPSA) is 58.2 Å². The summed E-state index contributed by atoms with van der Waals surface area (Å²) in [5, 5.41) is 5.34. The van der Waals surface area contributed by atoms with Gasteiger partial charge in [-0.25, -0.2) is 0 Å². The maximum absolute atomic E-state index is 12.3. The van der Waals surface area contributed by atoms with Gasteiger partial charge in [-0.1, -0.05) is 48.2 Å². The smallest absolute Gasteiger partial charge is 0.314 e. The lowest BCUT2D eigenvalue weighted by atomic mass is 10.3. The van der Waals surface area contributed by atoms with Gasteiger partial charge in [0.1, 0.15) is 0 Å². The van der Waals surface area contributed by atoms with Crippen LogP contribution in [0.4, 0.5) is 11.4 Å². The van der Waals surface area contributed by atoms with Crippen molar-refractivity contribution in [3.63, 3.8) is 0 Å². The van der Waals surface area contributed by atoms with E-state index in [-0.39, 0.29) is 0 Å². The Morgan fingerprint density at radius 1 is 0.741 bits per heavy atom. The second-order valence-corrected chi connectivity index (χ2v) is 7.55. The molecule has 6 heteroatoms. The number of benzene rings is 3. The van der Waals surface area contributed by atoms with Crippen molar-refractivity contribution < 1.29 is 9.59 Å². The highest BCUT2D eigenvalue weighted by Gasteiger charge is 2.16. The van der Waals surface area contributed by atoms with Gasteiger partial charge in [0.15, 0.2) is 0 Å². The first-order chi connectivity index (χ1) is 13.2. The van der Waals surface area contributed by atoms with Crippen molar-refractivity contribution in [3.8, 4) is 0 Å². The lowest BCUT2D eigenvalue weighted by Crippen LogP contribution is -2.29. The Hall–Kier alpha value is -2.70. The fourth-order valence-electron chi connectivity index (χ4n) is 2.34. The largest absolute Gasteiger partial charge is 0.318 e. The van der Waals surface area contributed by atoms with E-state index in [1.807, 2.05) is 73.0 Å². The van der Waals surface area contributed by atoms with Crippen LogP contribution in [0.3, 0.4) is 0 Å². The summed E-state index contributed by atoms with van der Waals surface area (Å²) in [5.41, 5.74) is 1.19. The second-order valence-electron chi connectivity index (χ2n) is 5.55. The lowest BCUT2D eigenvalue weighted by molar-refractivity contribution is -0.133. The Bertz CT molecular complexity index is 946. The van der Waals surface area contributed by atoms with Gasteiger partial charge >= 0.3 is 11.8 Å². The minimum absolute atomic E-state index is 0.592. The number of para-hydroxylation sites is 1. The van der Waals surface area contributed by atoms with Gasteiger partial charge in [0.25, 0.3) is 0 Å². The molecule has 2 N–H and O–H groups in total. The first kappa shape index (κ1) is 19.1. The van der Waals surface area contributed by atoms with E-state index in [4.69, 9.17) is 0 Å². The standard InChI is InChI=1S/C21H18N2O2S2/c1-26-17-11-7-8-15(14-17)22-20(24)21(25)23-18-12-5-6-13-19(18)27-16-9-3-2-4-10-16/h2-14H,1H3,(H,22,24)(H,23,25). The van der Waals surface area contributed by atoms with E-state index in [9.17, 15) is 9.59 Å². The van der Waals surface area contributed by atoms with Crippen LogP contribution < -0.4 is 10.6 Å². The summed E-state index contributed by atoms with van der Waals surface area (Å²) in [4.78, 5) is 27.5. The number of carbonyl (C=O) groups is 2. The Morgan fingerprint density at radius 3 is 2.19 bits per heavy atom. The van der Waals surface area contributed by atoms with E-state index in [2.05, 4.69) is 10.6 Å². The summed E-state index contributed by atoms with van der Waals surface area (Å²) < 4.78 is 0. The molecule has 3 aromatic rings. The zero-order valence-corrected chi connectivity index (χ0v) is 16.3. The summed E-state index contributed by atoms with van der Waals surface area (Å²) in [5.74, 6) is -1.40. The first-order valence-corrected chi connectivity index (χ1v) is 10.3. The van der Waals surface area contributed by atoms with Crippen molar-refractivity contribution in [3.05, 3.63) is 78.9 Å². The molecule has 3 aromatic carbocycles. The first-order valence-electron chi connectivity index (χ1n) is 8.24. The molecule has 0 radical (unpaired) electrons. The number of carbonyl (C=O) groups excluding carboxylic acids is 2. The van der Waals surface area contributed by atoms with E-state index in [0.717, 1.165) is 14.7 Å². The number of nitrogens with one attached hydrogen (secondary N) is 2. The summed E-state index contributed by atoms with van der Waals surface area (Å²) in [7, 11) is 0. The fourth-order valence-corrected chi connectivity index (χ4v) is 3.72. The molecule has 0 aromatic heterocycles. The van der Waals surface area contributed by atoms with Crippen molar-refractivity contribution in [1.82, 2.24) is 0 Å². The molecule has 0 unspecified atom stereocenters. The monoisotopic (exact) mass is 394 g/mol. The van der Waals surface area contributed by atoms with Crippen LogP contribution in [0.15, 0.2) is 93.5 Å². The van der Waals surface area contributed by atoms with Gasteiger partial charge in [0, 0.05) is 20.4 Å². The Morgan fingerprint density at radius 2 is 1.41 bits per heavy atom. The molecular formula is C21H18N2O2S2. The maximum atomic E-state index is 12.3. The van der Waals surface area contributed by atoms with Gasteiger partial charge in [-0.05, 0) is 48.7 Å². The quantitative estimate of drug-likeness (QED) is 0.465. The number of amides is 2. The summed E-state index contributed by atoms with van der Waals surface area (Å²) >= 11 is 3.10. The van der Waals surface area contributed by atoms with E-state index >= 15 is 0 Å². The van der Waals surface area contributed by atoms with Crippen molar-refractivity contribution in [2.24, 2.45) is 0 Å². The molecule has 3 rings (SSSR count). The van der Waals surface area contributed by atoms with Crippen LogP contribution in [-0.4, -0.2) is 18.1 Å². The van der Waals surface area contributed by atoms with Crippen LogP contribution in [-0.2, 0) is 9.59 Å². The molecule has 0 bridgehead atoms. The molecule has 0 fully saturated rings. The SMILES string of the molecule is CSc1cccc(NC(=O)C(=O)Nc2ccccc2Sc2ccccc2)c1. The minimum atomic E-state index is -0.703.